The molecule has 0 amide bonds. The summed E-state index contributed by atoms with van der Waals surface area (Å²) in [6.07, 6.45) is 8.28. The van der Waals surface area contributed by atoms with E-state index in [2.05, 4.69) is 57.3 Å². The van der Waals surface area contributed by atoms with Crippen molar-refractivity contribution in [3.8, 4) is 17.2 Å². The van der Waals surface area contributed by atoms with Gasteiger partial charge in [-0.2, -0.15) is 5.26 Å². The summed E-state index contributed by atoms with van der Waals surface area (Å²) >= 11 is 0. The highest BCUT2D eigenvalue weighted by molar-refractivity contribution is 5.87. The van der Waals surface area contributed by atoms with E-state index in [9.17, 15) is 0 Å². The standard InChI is InChI=1S/C24H24N4/c25-14-18-6-8-27(9-7-18)10-11-28-17-23(22-13-24(22)28)21-12-20(15-26-16-21)19-4-2-1-3-5-19/h1-5,12-13,15-16,18H,6-11,17H2. The lowest BCUT2D eigenvalue weighted by Gasteiger charge is -2.31. The molecule has 5 rings (SSSR count). The van der Waals surface area contributed by atoms with Crippen molar-refractivity contribution in [2.45, 2.75) is 12.8 Å². The highest BCUT2D eigenvalue weighted by Crippen LogP contribution is 2.45. The minimum absolute atomic E-state index is 0.262. The second-order valence-corrected chi connectivity index (χ2v) is 7.92. The predicted octanol–water partition coefficient (Wildman–Crippen LogP) is 3.95. The first-order valence-electron chi connectivity index (χ1n) is 10.1. The van der Waals surface area contributed by atoms with E-state index in [-0.39, 0.29) is 5.92 Å². The number of fused-ring (bicyclic) bond motifs is 1. The minimum Gasteiger partial charge on any atom is -0.365 e. The molecule has 0 unspecified atom stereocenters. The summed E-state index contributed by atoms with van der Waals surface area (Å²) in [5.74, 6) is 0.262. The Morgan fingerprint density at radius 3 is 2.57 bits per heavy atom. The number of rotatable bonds is 5. The Hall–Kier alpha value is -2.90. The molecular weight excluding hydrogens is 344 g/mol. The van der Waals surface area contributed by atoms with Crippen LogP contribution in [0.2, 0.25) is 0 Å². The normalized spacial score (nSPS) is 19.4. The molecule has 28 heavy (non-hydrogen) atoms. The molecule has 0 spiro atoms. The minimum atomic E-state index is 0.262. The van der Waals surface area contributed by atoms with Crippen molar-refractivity contribution in [1.82, 2.24) is 14.8 Å². The van der Waals surface area contributed by atoms with Crippen LogP contribution in [-0.2, 0) is 0 Å². The van der Waals surface area contributed by atoms with Crippen molar-refractivity contribution < 1.29 is 0 Å². The largest absolute Gasteiger partial charge is 0.365 e. The van der Waals surface area contributed by atoms with Gasteiger partial charge in [0, 0.05) is 54.8 Å². The summed E-state index contributed by atoms with van der Waals surface area (Å²) < 4.78 is 0. The molecule has 1 aliphatic carbocycles. The van der Waals surface area contributed by atoms with Gasteiger partial charge in [-0.1, -0.05) is 30.3 Å². The summed E-state index contributed by atoms with van der Waals surface area (Å²) in [5, 5.41) is 9.05. The number of nitriles is 1. The number of pyridine rings is 1. The molecule has 2 aromatic rings. The number of piperidine rings is 1. The van der Waals surface area contributed by atoms with Gasteiger partial charge < -0.3 is 9.80 Å². The van der Waals surface area contributed by atoms with Gasteiger partial charge in [0.15, 0.2) is 0 Å². The molecule has 0 N–H and O–H groups in total. The Balaban J connectivity index is 1.23. The van der Waals surface area contributed by atoms with Crippen LogP contribution in [0.15, 0.2) is 66.1 Å². The van der Waals surface area contributed by atoms with Crippen LogP contribution in [0.1, 0.15) is 18.4 Å². The number of likely N-dealkylation sites (tertiary alicyclic amines) is 1. The lowest BCUT2D eigenvalue weighted by atomic mass is 9.99. The summed E-state index contributed by atoms with van der Waals surface area (Å²) in [6, 6.07) is 15.1. The third-order valence-corrected chi connectivity index (χ3v) is 6.14. The molecule has 1 saturated heterocycles. The van der Waals surface area contributed by atoms with Gasteiger partial charge in [0.1, 0.15) is 0 Å². The molecule has 4 nitrogen and oxygen atoms in total. The molecular formula is C24H24N4. The van der Waals surface area contributed by atoms with E-state index in [1.54, 1.807) is 0 Å². The zero-order valence-corrected chi connectivity index (χ0v) is 16.0. The third-order valence-electron chi connectivity index (χ3n) is 6.14. The average Bonchev–Trinajstić information content (AvgIpc) is 3.48. The van der Waals surface area contributed by atoms with Crippen LogP contribution < -0.4 is 0 Å². The molecule has 1 aromatic carbocycles. The lowest BCUT2D eigenvalue weighted by Crippen LogP contribution is -2.38. The van der Waals surface area contributed by atoms with Gasteiger partial charge in [-0.25, -0.2) is 0 Å². The monoisotopic (exact) mass is 368 g/mol. The van der Waals surface area contributed by atoms with Gasteiger partial charge in [0.25, 0.3) is 0 Å². The number of hydrogen-bond donors (Lipinski definition) is 0. The lowest BCUT2D eigenvalue weighted by molar-refractivity contribution is 0.189. The second kappa shape index (κ2) is 7.26. The first kappa shape index (κ1) is 17.2. The van der Waals surface area contributed by atoms with Crippen LogP contribution in [0.4, 0.5) is 0 Å². The molecule has 0 radical (unpaired) electrons. The number of benzene rings is 1. The number of nitrogens with zero attached hydrogens (tertiary/aromatic N) is 4. The number of aromatic nitrogens is 1. The maximum atomic E-state index is 9.05. The molecule has 1 aromatic heterocycles. The molecule has 140 valence electrons. The van der Waals surface area contributed by atoms with E-state index in [0.29, 0.717) is 0 Å². The van der Waals surface area contributed by atoms with Crippen LogP contribution in [0.25, 0.3) is 16.7 Å². The molecule has 0 bridgehead atoms. The fourth-order valence-corrected chi connectivity index (χ4v) is 4.35. The van der Waals surface area contributed by atoms with Crippen molar-refractivity contribution in [1.29, 1.82) is 5.26 Å². The summed E-state index contributed by atoms with van der Waals surface area (Å²) in [6.45, 7) is 5.23. The van der Waals surface area contributed by atoms with Gasteiger partial charge >= 0.3 is 0 Å². The molecule has 4 heteroatoms. The first-order valence-corrected chi connectivity index (χ1v) is 10.1. The van der Waals surface area contributed by atoms with Gasteiger partial charge in [0.05, 0.1) is 6.07 Å². The smallest absolute Gasteiger partial charge is 0.0656 e. The Bertz CT molecular complexity index is 975. The maximum absolute atomic E-state index is 9.05. The fourth-order valence-electron chi connectivity index (χ4n) is 4.35. The second-order valence-electron chi connectivity index (χ2n) is 7.92. The molecule has 0 atom stereocenters. The third kappa shape index (κ3) is 3.34. The maximum Gasteiger partial charge on any atom is 0.0656 e. The molecule has 0 saturated carbocycles. The molecule has 3 aliphatic rings. The highest BCUT2D eigenvalue weighted by atomic mass is 15.2. The van der Waals surface area contributed by atoms with Crippen molar-refractivity contribution in [3.05, 3.63) is 71.7 Å². The van der Waals surface area contributed by atoms with Crippen molar-refractivity contribution in [2.75, 3.05) is 32.7 Å². The molecule has 2 aliphatic heterocycles. The van der Waals surface area contributed by atoms with E-state index < -0.39 is 0 Å². The van der Waals surface area contributed by atoms with E-state index in [4.69, 9.17) is 5.26 Å². The van der Waals surface area contributed by atoms with Crippen LogP contribution in [0.3, 0.4) is 0 Å². The Kier molecular flexibility index (Phi) is 4.46. The van der Waals surface area contributed by atoms with Crippen LogP contribution in [0, 0.1) is 17.2 Å². The Morgan fingerprint density at radius 2 is 1.79 bits per heavy atom. The Morgan fingerprint density at radius 1 is 1.00 bits per heavy atom. The highest BCUT2D eigenvalue weighted by Gasteiger charge is 2.35. The summed E-state index contributed by atoms with van der Waals surface area (Å²) in [7, 11) is 0. The van der Waals surface area contributed by atoms with Crippen LogP contribution in [-0.4, -0.2) is 47.5 Å². The predicted molar refractivity (Wildman–Crippen MR) is 111 cm³/mol. The number of hydrogen-bond acceptors (Lipinski definition) is 4. The first-order chi connectivity index (χ1) is 13.8. The van der Waals surface area contributed by atoms with E-state index >= 15 is 0 Å². The van der Waals surface area contributed by atoms with Gasteiger partial charge in [-0.15, -0.1) is 0 Å². The topological polar surface area (TPSA) is 43.2 Å². The van der Waals surface area contributed by atoms with Gasteiger partial charge in [0.2, 0.25) is 0 Å². The van der Waals surface area contributed by atoms with Crippen molar-refractivity contribution in [2.24, 2.45) is 5.92 Å². The van der Waals surface area contributed by atoms with E-state index in [0.717, 1.165) is 45.6 Å². The SMILES string of the molecule is N#CC1CCN(CCN2CC(c3cncc(-c4ccccc4)c3)=C3C=C32)CC1. The number of allylic oxidation sites excluding steroid dienone is 2. The average molecular weight is 368 g/mol. The van der Waals surface area contributed by atoms with Crippen molar-refractivity contribution >= 4 is 5.57 Å². The zero-order valence-electron chi connectivity index (χ0n) is 16.0. The van der Waals surface area contributed by atoms with E-state index in [1.165, 1.54) is 33.5 Å². The van der Waals surface area contributed by atoms with Gasteiger partial charge in [-0.3, -0.25) is 4.98 Å². The van der Waals surface area contributed by atoms with Crippen LogP contribution in [0.5, 0.6) is 0 Å². The zero-order chi connectivity index (χ0) is 18.9. The Labute approximate surface area is 166 Å². The van der Waals surface area contributed by atoms with Gasteiger partial charge in [-0.05, 0) is 54.8 Å². The fraction of sp³-hybridized carbons (Fsp3) is 0.333. The van der Waals surface area contributed by atoms with E-state index in [1.807, 2.05) is 18.5 Å². The summed E-state index contributed by atoms with van der Waals surface area (Å²) in [4.78, 5) is 9.51. The van der Waals surface area contributed by atoms with Crippen molar-refractivity contribution in [3.63, 3.8) is 0 Å². The molecule has 1 fully saturated rings. The quantitative estimate of drug-likeness (QED) is 0.801. The summed E-state index contributed by atoms with van der Waals surface area (Å²) in [5.41, 5.74) is 7.85. The molecule has 3 heterocycles. The van der Waals surface area contributed by atoms with Crippen LogP contribution >= 0.6 is 0 Å².